The highest BCUT2D eigenvalue weighted by atomic mass is 16.6. The van der Waals surface area contributed by atoms with Gasteiger partial charge in [0.15, 0.2) is 5.78 Å². The monoisotopic (exact) mass is 158 g/mol. The Balaban J connectivity index is 2.08. The Hall–Kier alpha value is -0.450. The van der Waals surface area contributed by atoms with Gasteiger partial charge < -0.3 is 14.9 Å². The average molecular weight is 158 g/mol. The summed E-state index contributed by atoms with van der Waals surface area (Å²) in [6, 6.07) is 0. The highest BCUT2D eigenvalue weighted by molar-refractivity contribution is 5.89. The Morgan fingerprint density at radius 1 is 1.64 bits per heavy atom. The maximum atomic E-state index is 11.1. The first-order chi connectivity index (χ1) is 5.24. The molecule has 1 aliphatic carbocycles. The maximum Gasteiger partial charge on any atom is 0.169 e. The number of carbonyl (C=O) groups is 1. The van der Waals surface area contributed by atoms with Gasteiger partial charge in [0.1, 0.15) is 12.2 Å². The van der Waals surface area contributed by atoms with Gasteiger partial charge >= 0.3 is 0 Å². The third-order valence-corrected chi connectivity index (χ3v) is 2.33. The largest absolute Gasteiger partial charge is 0.396 e. The molecule has 0 bridgehead atoms. The van der Waals surface area contributed by atoms with E-state index in [1.54, 1.807) is 0 Å². The van der Waals surface area contributed by atoms with E-state index in [1.165, 1.54) is 0 Å². The first-order valence-corrected chi connectivity index (χ1v) is 3.72. The zero-order chi connectivity index (χ0) is 8.01. The van der Waals surface area contributed by atoms with Crippen molar-refractivity contribution in [1.82, 2.24) is 0 Å². The van der Waals surface area contributed by atoms with Crippen LogP contribution in [0.3, 0.4) is 0 Å². The number of hydrogen-bond acceptors (Lipinski definition) is 4. The lowest BCUT2D eigenvalue weighted by molar-refractivity contribution is -0.127. The van der Waals surface area contributed by atoms with E-state index < -0.39 is 18.1 Å². The zero-order valence-corrected chi connectivity index (χ0v) is 5.93. The van der Waals surface area contributed by atoms with Crippen LogP contribution in [0.5, 0.6) is 0 Å². The first-order valence-electron chi connectivity index (χ1n) is 3.72. The lowest BCUT2D eigenvalue weighted by Gasteiger charge is -2.18. The van der Waals surface area contributed by atoms with E-state index in [2.05, 4.69) is 0 Å². The van der Waals surface area contributed by atoms with Gasteiger partial charge in [0.25, 0.3) is 0 Å². The number of hydrogen-bond donors (Lipinski definition) is 2. The minimum atomic E-state index is -0.560. The summed E-state index contributed by atoms with van der Waals surface area (Å²) in [5.74, 6) is -0.462. The van der Waals surface area contributed by atoms with Crippen molar-refractivity contribution in [2.45, 2.75) is 24.7 Å². The van der Waals surface area contributed by atoms with Crippen LogP contribution in [0.4, 0.5) is 0 Å². The molecule has 2 aliphatic rings. The van der Waals surface area contributed by atoms with Crippen molar-refractivity contribution in [3.05, 3.63) is 0 Å². The summed E-state index contributed by atoms with van der Waals surface area (Å²) in [5.41, 5.74) is 0. The number of rotatable bonds is 1. The SMILES string of the molecule is O=C1C(CO)CC(O)C2OC12. The second-order valence-electron chi connectivity index (χ2n) is 3.11. The molecule has 62 valence electrons. The smallest absolute Gasteiger partial charge is 0.169 e. The lowest BCUT2D eigenvalue weighted by Crippen LogP contribution is -2.37. The number of aliphatic hydroxyl groups excluding tert-OH is 2. The van der Waals surface area contributed by atoms with E-state index in [4.69, 9.17) is 9.84 Å². The van der Waals surface area contributed by atoms with Crippen molar-refractivity contribution in [1.29, 1.82) is 0 Å². The molecule has 1 heterocycles. The maximum absolute atomic E-state index is 11.1. The van der Waals surface area contributed by atoms with Crippen LogP contribution in [-0.4, -0.2) is 40.9 Å². The van der Waals surface area contributed by atoms with E-state index in [1.807, 2.05) is 0 Å². The van der Waals surface area contributed by atoms with Crippen LogP contribution >= 0.6 is 0 Å². The van der Waals surface area contributed by atoms with E-state index in [0.717, 1.165) is 0 Å². The quantitative estimate of drug-likeness (QED) is 0.465. The number of fused-ring (bicyclic) bond motifs is 1. The van der Waals surface area contributed by atoms with Crippen molar-refractivity contribution in [2.75, 3.05) is 6.61 Å². The Kier molecular flexibility index (Phi) is 1.49. The predicted molar refractivity (Wildman–Crippen MR) is 34.9 cm³/mol. The Labute approximate surface area is 63.8 Å². The molecule has 2 fully saturated rings. The molecule has 0 radical (unpaired) electrons. The molecule has 2 N–H and O–H groups in total. The van der Waals surface area contributed by atoms with Crippen molar-refractivity contribution in [3.63, 3.8) is 0 Å². The molecule has 0 aromatic heterocycles. The van der Waals surface area contributed by atoms with Gasteiger partial charge in [-0.05, 0) is 6.42 Å². The molecule has 4 heteroatoms. The minimum absolute atomic E-state index is 0.0530. The third kappa shape index (κ3) is 0.982. The fourth-order valence-corrected chi connectivity index (χ4v) is 1.58. The number of ketones is 1. The molecular weight excluding hydrogens is 148 g/mol. The molecule has 11 heavy (non-hydrogen) atoms. The second kappa shape index (κ2) is 2.27. The molecule has 0 aromatic rings. The summed E-state index contributed by atoms with van der Waals surface area (Å²) in [6.45, 7) is -0.178. The highest BCUT2D eigenvalue weighted by Gasteiger charge is 2.55. The van der Waals surface area contributed by atoms with Crippen LogP contribution in [0, 0.1) is 5.92 Å². The molecule has 0 aromatic carbocycles. The number of carbonyl (C=O) groups excluding carboxylic acids is 1. The van der Waals surface area contributed by atoms with Gasteiger partial charge in [0.05, 0.1) is 12.7 Å². The summed E-state index contributed by atoms with van der Waals surface area (Å²) in [6.07, 6.45) is -0.910. The average Bonchev–Trinajstić information content (AvgIpc) is 2.75. The molecule has 4 nitrogen and oxygen atoms in total. The molecule has 2 rings (SSSR count). The van der Waals surface area contributed by atoms with E-state index in [0.29, 0.717) is 6.42 Å². The summed E-state index contributed by atoms with van der Waals surface area (Å²) >= 11 is 0. The zero-order valence-electron chi connectivity index (χ0n) is 5.93. The number of ether oxygens (including phenoxy) is 1. The Morgan fingerprint density at radius 2 is 2.36 bits per heavy atom. The van der Waals surface area contributed by atoms with Crippen LogP contribution in [0.15, 0.2) is 0 Å². The lowest BCUT2D eigenvalue weighted by atomic mass is 9.87. The van der Waals surface area contributed by atoms with Crippen molar-refractivity contribution < 1.29 is 19.7 Å². The van der Waals surface area contributed by atoms with Crippen LogP contribution in [0.25, 0.3) is 0 Å². The highest BCUT2D eigenvalue weighted by Crippen LogP contribution is 2.36. The van der Waals surface area contributed by atoms with Gasteiger partial charge in [-0.3, -0.25) is 4.79 Å². The molecule has 0 amide bonds. The first kappa shape index (κ1) is 7.21. The Morgan fingerprint density at radius 3 is 3.00 bits per heavy atom. The van der Waals surface area contributed by atoms with Gasteiger partial charge in [0.2, 0.25) is 0 Å². The van der Waals surface area contributed by atoms with Crippen molar-refractivity contribution in [3.8, 4) is 0 Å². The van der Waals surface area contributed by atoms with Crippen LogP contribution < -0.4 is 0 Å². The standard InChI is InChI=1S/C7H10O4/c8-2-3-1-4(9)6-7(11-6)5(3)10/h3-4,6-9H,1-2H2. The third-order valence-electron chi connectivity index (χ3n) is 2.33. The van der Waals surface area contributed by atoms with Crippen molar-refractivity contribution in [2.24, 2.45) is 5.92 Å². The van der Waals surface area contributed by atoms with E-state index >= 15 is 0 Å². The summed E-state index contributed by atoms with van der Waals surface area (Å²) < 4.78 is 4.92. The van der Waals surface area contributed by atoms with Crippen LogP contribution in [-0.2, 0) is 9.53 Å². The molecular formula is C7H10O4. The molecule has 0 spiro atoms. The predicted octanol–water partition coefficient (Wildman–Crippen LogP) is -1.30. The van der Waals surface area contributed by atoms with Crippen LogP contribution in [0.1, 0.15) is 6.42 Å². The molecule has 4 atom stereocenters. The van der Waals surface area contributed by atoms with Crippen LogP contribution in [0.2, 0.25) is 0 Å². The molecule has 4 unspecified atom stereocenters. The minimum Gasteiger partial charge on any atom is -0.396 e. The molecule has 1 saturated heterocycles. The van der Waals surface area contributed by atoms with E-state index in [9.17, 15) is 9.90 Å². The normalized spacial score (nSPS) is 48.7. The van der Waals surface area contributed by atoms with Gasteiger partial charge in [0, 0.05) is 5.92 Å². The topological polar surface area (TPSA) is 70.1 Å². The summed E-state index contributed by atoms with van der Waals surface area (Å²) in [7, 11) is 0. The fourth-order valence-electron chi connectivity index (χ4n) is 1.58. The fraction of sp³-hybridized carbons (Fsp3) is 0.857. The number of aliphatic hydroxyl groups is 2. The van der Waals surface area contributed by atoms with E-state index in [-0.39, 0.29) is 18.5 Å². The van der Waals surface area contributed by atoms with Gasteiger partial charge in [-0.2, -0.15) is 0 Å². The molecule has 1 saturated carbocycles. The van der Waals surface area contributed by atoms with Crippen molar-refractivity contribution >= 4 is 5.78 Å². The number of Topliss-reactive ketones (excluding diaryl/α,β-unsaturated/α-hetero) is 1. The summed E-state index contributed by atoms with van der Waals surface area (Å²) in [5, 5.41) is 18.0. The Bertz CT molecular complexity index is 191. The van der Waals surface area contributed by atoms with Gasteiger partial charge in [-0.25, -0.2) is 0 Å². The summed E-state index contributed by atoms with van der Waals surface area (Å²) in [4.78, 5) is 11.1. The molecule has 1 aliphatic heterocycles. The second-order valence-corrected chi connectivity index (χ2v) is 3.11. The van der Waals surface area contributed by atoms with Gasteiger partial charge in [-0.15, -0.1) is 0 Å². The number of epoxide rings is 1. The van der Waals surface area contributed by atoms with Gasteiger partial charge in [-0.1, -0.05) is 0 Å².